The van der Waals surface area contributed by atoms with Crippen molar-refractivity contribution in [2.75, 3.05) is 0 Å². The van der Waals surface area contributed by atoms with Crippen molar-refractivity contribution in [2.45, 2.75) is 6.42 Å². The van der Waals surface area contributed by atoms with E-state index in [9.17, 15) is 4.79 Å². The summed E-state index contributed by atoms with van der Waals surface area (Å²) in [4.78, 5) is 10.2. The molecule has 58 valence electrons. The highest BCUT2D eigenvalue weighted by molar-refractivity contribution is 5.48. The van der Waals surface area contributed by atoms with Gasteiger partial charge in [-0.05, 0) is 0 Å². The van der Waals surface area contributed by atoms with Crippen LogP contribution in [0.15, 0.2) is 34.9 Å². The first kappa shape index (κ1) is 7.46. The average Bonchev–Trinajstić information content (AvgIpc) is 2.06. The van der Waals surface area contributed by atoms with Crippen molar-refractivity contribution in [3.63, 3.8) is 0 Å². The van der Waals surface area contributed by atoms with E-state index in [4.69, 9.17) is 0 Å². The molecule has 0 spiro atoms. The van der Waals surface area contributed by atoms with Gasteiger partial charge in [0.15, 0.2) is 0 Å². The van der Waals surface area contributed by atoms with Crippen molar-refractivity contribution in [1.29, 1.82) is 0 Å². The summed E-state index contributed by atoms with van der Waals surface area (Å²) in [7, 11) is 0. The molecule has 0 radical (unpaired) electrons. The number of carbonyl (C=O) groups is 1. The Labute approximate surface area is 64.0 Å². The molecular formula is C6H8N4O. The molecule has 5 heteroatoms. The molecule has 1 heterocycles. The molecule has 1 N–H and O–H groups in total. The van der Waals surface area contributed by atoms with Gasteiger partial charge in [-0.25, -0.2) is 5.01 Å². The van der Waals surface area contributed by atoms with E-state index in [1.165, 1.54) is 5.01 Å². The molecule has 11 heavy (non-hydrogen) atoms. The topological polar surface area (TPSA) is 57.1 Å². The molecule has 0 aromatic carbocycles. The molecular weight excluding hydrogens is 144 g/mol. The molecule has 0 bridgehead atoms. The minimum atomic E-state index is 0.607. The Balaban J connectivity index is 2.62. The van der Waals surface area contributed by atoms with Crippen molar-refractivity contribution in [3.8, 4) is 0 Å². The molecule has 0 fully saturated rings. The van der Waals surface area contributed by atoms with Crippen LogP contribution in [-0.4, -0.2) is 11.4 Å². The maximum absolute atomic E-state index is 10.2. The number of rotatable bonds is 3. The number of hydrogen-bond donors (Lipinski definition) is 1. The van der Waals surface area contributed by atoms with E-state index in [0.29, 0.717) is 18.5 Å². The molecule has 0 aromatic heterocycles. The normalized spacial score (nSPS) is 15.3. The van der Waals surface area contributed by atoms with Gasteiger partial charge in [-0.1, -0.05) is 11.3 Å². The fourth-order valence-electron chi connectivity index (χ4n) is 0.649. The first-order chi connectivity index (χ1) is 5.36. The fourth-order valence-corrected chi connectivity index (χ4v) is 0.649. The second kappa shape index (κ2) is 3.50. The lowest BCUT2D eigenvalue weighted by Gasteiger charge is -2.14. The van der Waals surface area contributed by atoms with Crippen molar-refractivity contribution >= 4 is 6.41 Å². The number of nitrogens with one attached hydrogen (secondary N) is 1. The summed E-state index contributed by atoms with van der Waals surface area (Å²) in [5, 5.41) is 8.39. The summed E-state index contributed by atoms with van der Waals surface area (Å²) in [6.45, 7) is 3.54. The van der Waals surface area contributed by atoms with Gasteiger partial charge in [-0.2, -0.15) is 5.53 Å². The lowest BCUT2D eigenvalue weighted by molar-refractivity contribution is -0.118. The van der Waals surface area contributed by atoms with E-state index in [1.807, 2.05) is 0 Å². The molecule has 0 unspecified atom stereocenters. The molecule has 0 aliphatic carbocycles. The maximum Gasteiger partial charge on any atom is 0.233 e. The number of hydrogen-bond acceptors (Lipinski definition) is 4. The van der Waals surface area contributed by atoms with Gasteiger partial charge in [0.2, 0.25) is 6.41 Å². The van der Waals surface area contributed by atoms with E-state index in [2.05, 4.69) is 22.5 Å². The smallest absolute Gasteiger partial charge is 0.233 e. The minimum Gasteiger partial charge on any atom is -0.276 e. The number of amides is 1. The summed E-state index contributed by atoms with van der Waals surface area (Å²) in [5.41, 5.74) is 3.07. The highest BCUT2D eigenvalue weighted by Crippen LogP contribution is 2.07. The van der Waals surface area contributed by atoms with E-state index in [1.54, 1.807) is 12.3 Å². The van der Waals surface area contributed by atoms with Crippen molar-refractivity contribution in [1.82, 2.24) is 10.5 Å². The van der Waals surface area contributed by atoms with Crippen molar-refractivity contribution < 1.29 is 4.79 Å². The molecule has 1 aliphatic heterocycles. The number of nitrogens with zero attached hydrogens (tertiary/aromatic N) is 3. The molecule has 0 aromatic rings. The Kier molecular flexibility index (Phi) is 2.37. The summed E-state index contributed by atoms with van der Waals surface area (Å²) < 4.78 is 0. The van der Waals surface area contributed by atoms with Gasteiger partial charge in [0.25, 0.3) is 0 Å². The Morgan fingerprint density at radius 1 is 1.82 bits per heavy atom. The second-order valence-corrected chi connectivity index (χ2v) is 1.93. The van der Waals surface area contributed by atoms with Crippen molar-refractivity contribution in [2.24, 2.45) is 10.3 Å². The fraction of sp³-hybridized carbons (Fsp3) is 0.167. The van der Waals surface area contributed by atoms with Gasteiger partial charge in [-0.3, -0.25) is 4.79 Å². The standard InChI is InChI=1S/C6H8N4O/c1-2-3-6-4-10(5-11)9-8-7-6/h2,4-5H,1,3H2,(H,7,9). The highest BCUT2D eigenvalue weighted by Gasteiger charge is 2.02. The van der Waals surface area contributed by atoms with E-state index in [-0.39, 0.29) is 0 Å². The zero-order valence-electron chi connectivity index (χ0n) is 5.90. The van der Waals surface area contributed by atoms with Crippen LogP contribution in [0.3, 0.4) is 0 Å². The summed E-state index contributed by atoms with van der Waals surface area (Å²) >= 11 is 0. The predicted octanol–water partition coefficient (Wildman–Crippen LogP) is 0.748. The summed E-state index contributed by atoms with van der Waals surface area (Å²) in [6, 6.07) is 0. The van der Waals surface area contributed by atoms with Crippen LogP contribution in [-0.2, 0) is 4.79 Å². The van der Waals surface area contributed by atoms with Crippen LogP contribution < -0.4 is 5.53 Å². The minimum absolute atomic E-state index is 0.607. The third-order valence-corrected chi connectivity index (χ3v) is 1.09. The van der Waals surface area contributed by atoms with Crippen LogP contribution in [0.4, 0.5) is 0 Å². The Hall–Kier alpha value is -1.65. The Bertz CT molecular complexity index is 221. The second-order valence-electron chi connectivity index (χ2n) is 1.93. The number of allylic oxidation sites excluding steroid dienone is 1. The van der Waals surface area contributed by atoms with E-state index < -0.39 is 0 Å². The lowest BCUT2D eigenvalue weighted by Crippen LogP contribution is -2.29. The molecule has 1 amide bonds. The summed E-state index contributed by atoms with van der Waals surface area (Å²) in [6.07, 6.45) is 4.47. The average molecular weight is 152 g/mol. The largest absolute Gasteiger partial charge is 0.276 e. The molecule has 1 aliphatic rings. The van der Waals surface area contributed by atoms with Gasteiger partial charge >= 0.3 is 0 Å². The lowest BCUT2D eigenvalue weighted by atomic mass is 10.3. The third-order valence-electron chi connectivity index (χ3n) is 1.09. The summed E-state index contributed by atoms with van der Waals surface area (Å²) in [5.74, 6) is 0. The maximum atomic E-state index is 10.2. The van der Waals surface area contributed by atoms with Gasteiger partial charge < -0.3 is 0 Å². The van der Waals surface area contributed by atoms with Gasteiger partial charge in [0.05, 0.1) is 11.9 Å². The van der Waals surface area contributed by atoms with E-state index in [0.717, 1.165) is 0 Å². The monoisotopic (exact) mass is 152 g/mol. The Morgan fingerprint density at radius 2 is 2.64 bits per heavy atom. The van der Waals surface area contributed by atoms with Crippen LogP contribution >= 0.6 is 0 Å². The zero-order valence-corrected chi connectivity index (χ0v) is 5.90. The Morgan fingerprint density at radius 3 is 3.27 bits per heavy atom. The first-order valence-electron chi connectivity index (χ1n) is 3.08. The number of carbonyl (C=O) groups excluding carboxylic acids is 1. The first-order valence-corrected chi connectivity index (χ1v) is 3.08. The van der Waals surface area contributed by atoms with Crippen LogP contribution in [0.2, 0.25) is 0 Å². The molecule has 0 atom stereocenters. The third kappa shape index (κ3) is 1.89. The van der Waals surface area contributed by atoms with Gasteiger partial charge in [-0.15, -0.1) is 11.7 Å². The van der Waals surface area contributed by atoms with Gasteiger partial charge in [0, 0.05) is 6.42 Å². The SMILES string of the molecule is C=CCC1=CN(C=O)NN=N1. The van der Waals surface area contributed by atoms with E-state index >= 15 is 0 Å². The zero-order chi connectivity index (χ0) is 8.10. The van der Waals surface area contributed by atoms with Crippen LogP contribution in [0, 0.1) is 0 Å². The predicted molar refractivity (Wildman–Crippen MR) is 38.8 cm³/mol. The molecule has 0 saturated heterocycles. The van der Waals surface area contributed by atoms with Crippen LogP contribution in [0.5, 0.6) is 0 Å². The highest BCUT2D eigenvalue weighted by atomic mass is 16.1. The number of hydrazine groups is 1. The quantitative estimate of drug-likeness (QED) is 0.479. The molecule has 0 saturated carbocycles. The van der Waals surface area contributed by atoms with Gasteiger partial charge in [0.1, 0.15) is 0 Å². The van der Waals surface area contributed by atoms with Crippen LogP contribution in [0.1, 0.15) is 6.42 Å². The molecule has 5 nitrogen and oxygen atoms in total. The molecule has 1 rings (SSSR count). The van der Waals surface area contributed by atoms with Crippen molar-refractivity contribution in [3.05, 3.63) is 24.6 Å². The van der Waals surface area contributed by atoms with Crippen LogP contribution in [0.25, 0.3) is 0 Å².